The van der Waals surface area contributed by atoms with Gasteiger partial charge in [0.1, 0.15) is 0 Å². The Labute approximate surface area is 169 Å². The average molecular weight is 382 g/mol. The predicted octanol–water partition coefficient (Wildman–Crippen LogP) is 3.50. The van der Waals surface area contributed by atoms with Gasteiger partial charge >= 0.3 is 0 Å². The molecule has 0 bridgehead atoms. The lowest BCUT2D eigenvalue weighted by Gasteiger charge is -2.28. The van der Waals surface area contributed by atoms with E-state index in [1.165, 1.54) is 11.1 Å². The van der Waals surface area contributed by atoms with Crippen LogP contribution in [0.5, 0.6) is 0 Å². The first kappa shape index (κ1) is 17.7. The highest BCUT2D eigenvalue weighted by molar-refractivity contribution is 5.62. The number of rotatable bonds is 4. The lowest BCUT2D eigenvalue weighted by atomic mass is 10.0. The quantitative estimate of drug-likeness (QED) is 0.541. The van der Waals surface area contributed by atoms with Gasteiger partial charge < -0.3 is 0 Å². The zero-order valence-electron chi connectivity index (χ0n) is 16.4. The molecular weight excluding hydrogens is 360 g/mol. The summed E-state index contributed by atoms with van der Waals surface area (Å²) in [7, 11) is 1.98. The maximum absolute atomic E-state index is 4.81. The minimum absolute atomic E-state index is 0.776. The molecule has 0 fully saturated rings. The molecule has 5 rings (SSSR count). The maximum Gasteiger partial charge on any atom is 0.159 e. The first-order chi connectivity index (χ1) is 14.3. The molecule has 4 aromatic rings. The van der Waals surface area contributed by atoms with E-state index in [4.69, 9.17) is 10.1 Å². The lowest BCUT2D eigenvalue weighted by molar-refractivity contribution is 0.243. The van der Waals surface area contributed by atoms with Crippen LogP contribution in [0.25, 0.3) is 22.6 Å². The Hall–Kier alpha value is -3.38. The number of hydrogen-bond donors (Lipinski definition) is 0. The van der Waals surface area contributed by atoms with E-state index in [1.54, 1.807) is 12.4 Å². The van der Waals surface area contributed by atoms with Crippen LogP contribution in [0.2, 0.25) is 0 Å². The molecule has 29 heavy (non-hydrogen) atoms. The average Bonchev–Trinajstić information content (AvgIpc) is 3.14. The summed E-state index contributed by atoms with van der Waals surface area (Å²) in [5.41, 5.74) is 6.83. The summed E-state index contributed by atoms with van der Waals surface area (Å²) < 4.78 is 1.90. The Morgan fingerprint density at radius 3 is 2.66 bits per heavy atom. The van der Waals surface area contributed by atoms with E-state index in [0.29, 0.717) is 0 Å². The predicted molar refractivity (Wildman–Crippen MR) is 112 cm³/mol. The summed E-state index contributed by atoms with van der Waals surface area (Å²) in [6.07, 6.45) is 8.58. The van der Waals surface area contributed by atoms with Crippen LogP contribution in [0.4, 0.5) is 0 Å². The van der Waals surface area contributed by atoms with E-state index in [2.05, 4.69) is 45.3 Å². The van der Waals surface area contributed by atoms with Crippen LogP contribution in [0, 0.1) is 0 Å². The number of nitrogens with zero attached hydrogens (tertiary/aromatic N) is 6. The molecule has 0 saturated carbocycles. The van der Waals surface area contributed by atoms with Crippen LogP contribution in [-0.2, 0) is 26.6 Å². The topological polar surface area (TPSA) is 59.7 Å². The fourth-order valence-corrected chi connectivity index (χ4v) is 3.88. The molecule has 0 radical (unpaired) electrons. The Balaban J connectivity index is 1.36. The third kappa shape index (κ3) is 3.67. The second-order valence-electron chi connectivity index (χ2n) is 7.40. The van der Waals surface area contributed by atoms with Gasteiger partial charge in [-0.05, 0) is 12.1 Å². The highest BCUT2D eigenvalue weighted by Gasteiger charge is 2.21. The van der Waals surface area contributed by atoms with Crippen molar-refractivity contribution in [2.75, 3.05) is 6.54 Å². The van der Waals surface area contributed by atoms with Crippen molar-refractivity contribution in [2.24, 2.45) is 7.05 Å². The first-order valence-corrected chi connectivity index (χ1v) is 9.82. The molecule has 1 aliphatic heterocycles. The largest absolute Gasteiger partial charge is 0.294 e. The van der Waals surface area contributed by atoms with E-state index < -0.39 is 0 Å². The molecule has 0 saturated heterocycles. The number of hydrogen-bond acceptors (Lipinski definition) is 5. The molecule has 6 heteroatoms. The third-order valence-corrected chi connectivity index (χ3v) is 5.30. The van der Waals surface area contributed by atoms with Gasteiger partial charge in [-0.3, -0.25) is 14.6 Å². The molecule has 4 heterocycles. The Morgan fingerprint density at radius 2 is 1.83 bits per heavy atom. The highest BCUT2D eigenvalue weighted by atomic mass is 15.3. The molecule has 3 aromatic heterocycles. The fraction of sp³-hybridized carbons (Fsp3) is 0.217. The molecular formula is C23H22N6. The summed E-state index contributed by atoms with van der Waals surface area (Å²) in [5.74, 6) is 0.776. The Morgan fingerprint density at radius 1 is 1.00 bits per heavy atom. The highest BCUT2D eigenvalue weighted by Crippen LogP contribution is 2.26. The number of benzene rings is 1. The summed E-state index contributed by atoms with van der Waals surface area (Å²) in [6, 6.07) is 14.3. The van der Waals surface area contributed by atoms with Gasteiger partial charge in [-0.25, -0.2) is 9.97 Å². The van der Waals surface area contributed by atoms with E-state index in [0.717, 1.165) is 54.4 Å². The van der Waals surface area contributed by atoms with Crippen molar-refractivity contribution in [1.29, 1.82) is 0 Å². The molecule has 0 atom stereocenters. The Kier molecular flexibility index (Phi) is 4.62. The molecule has 0 N–H and O–H groups in total. The van der Waals surface area contributed by atoms with Crippen LogP contribution in [0.3, 0.4) is 0 Å². The third-order valence-electron chi connectivity index (χ3n) is 5.30. The van der Waals surface area contributed by atoms with Gasteiger partial charge in [-0.15, -0.1) is 0 Å². The second kappa shape index (κ2) is 7.56. The van der Waals surface area contributed by atoms with Gasteiger partial charge in [0.05, 0.1) is 11.4 Å². The SMILES string of the molecule is Cn1cc(CN2CCc3nc(-c4ccncc4)ncc3C2)c(-c2ccccc2)n1. The smallest absolute Gasteiger partial charge is 0.159 e. The zero-order valence-corrected chi connectivity index (χ0v) is 16.4. The number of pyridine rings is 1. The number of aromatic nitrogens is 5. The van der Waals surface area contributed by atoms with Gasteiger partial charge in [-0.2, -0.15) is 5.10 Å². The fourth-order valence-electron chi connectivity index (χ4n) is 3.88. The van der Waals surface area contributed by atoms with E-state index in [9.17, 15) is 0 Å². The minimum atomic E-state index is 0.776. The van der Waals surface area contributed by atoms with Gasteiger partial charge in [0.15, 0.2) is 5.82 Å². The van der Waals surface area contributed by atoms with Crippen molar-refractivity contribution in [3.05, 3.63) is 84.1 Å². The van der Waals surface area contributed by atoms with Gasteiger partial charge in [0.2, 0.25) is 0 Å². The molecule has 0 unspecified atom stereocenters. The first-order valence-electron chi connectivity index (χ1n) is 9.82. The summed E-state index contributed by atoms with van der Waals surface area (Å²) in [6.45, 7) is 2.70. The van der Waals surface area contributed by atoms with Gasteiger partial charge in [0, 0.05) is 80.1 Å². The molecule has 1 aliphatic rings. The van der Waals surface area contributed by atoms with Crippen molar-refractivity contribution in [3.63, 3.8) is 0 Å². The zero-order chi connectivity index (χ0) is 19.6. The van der Waals surface area contributed by atoms with Crippen molar-refractivity contribution in [1.82, 2.24) is 29.6 Å². The molecule has 0 spiro atoms. The van der Waals surface area contributed by atoms with Crippen LogP contribution >= 0.6 is 0 Å². The van der Waals surface area contributed by atoms with E-state index in [-0.39, 0.29) is 0 Å². The Bertz CT molecular complexity index is 1120. The molecule has 1 aromatic carbocycles. The molecule has 0 aliphatic carbocycles. The van der Waals surface area contributed by atoms with Gasteiger partial charge in [-0.1, -0.05) is 30.3 Å². The molecule has 0 amide bonds. The van der Waals surface area contributed by atoms with Crippen molar-refractivity contribution in [2.45, 2.75) is 19.5 Å². The minimum Gasteiger partial charge on any atom is -0.294 e. The van der Waals surface area contributed by atoms with Crippen molar-refractivity contribution < 1.29 is 0 Å². The van der Waals surface area contributed by atoms with E-state index >= 15 is 0 Å². The monoisotopic (exact) mass is 382 g/mol. The lowest BCUT2D eigenvalue weighted by Crippen LogP contribution is -2.31. The molecule has 144 valence electrons. The van der Waals surface area contributed by atoms with Crippen molar-refractivity contribution in [3.8, 4) is 22.6 Å². The number of aryl methyl sites for hydroxylation is 1. The van der Waals surface area contributed by atoms with E-state index in [1.807, 2.05) is 36.1 Å². The van der Waals surface area contributed by atoms with Gasteiger partial charge in [0.25, 0.3) is 0 Å². The summed E-state index contributed by atoms with van der Waals surface area (Å²) >= 11 is 0. The summed E-state index contributed by atoms with van der Waals surface area (Å²) in [5, 5.41) is 4.70. The van der Waals surface area contributed by atoms with Crippen molar-refractivity contribution >= 4 is 0 Å². The van der Waals surface area contributed by atoms with Crippen LogP contribution in [0.15, 0.2) is 67.3 Å². The normalized spacial score (nSPS) is 14.0. The number of fused-ring (bicyclic) bond motifs is 1. The van der Waals surface area contributed by atoms with Crippen LogP contribution < -0.4 is 0 Å². The molecule has 6 nitrogen and oxygen atoms in total. The second-order valence-corrected chi connectivity index (χ2v) is 7.40. The maximum atomic E-state index is 4.81. The summed E-state index contributed by atoms with van der Waals surface area (Å²) in [4.78, 5) is 15.9. The van der Waals surface area contributed by atoms with Crippen LogP contribution in [0.1, 0.15) is 16.8 Å². The van der Waals surface area contributed by atoms with Crippen LogP contribution in [-0.4, -0.2) is 36.2 Å². The standard InChI is InChI=1S/C23H22N6/c1-28-14-20(22(27-28)17-5-3-2-4-6-17)16-29-12-9-21-19(15-29)13-25-23(26-21)18-7-10-24-11-8-18/h2-8,10-11,13-14H,9,12,15-16H2,1H3.